The van der Waals surface area contributed by atoms with E-state index in [0.29, 0.717) is 45.9 Å². The van der Waals surface area contributed by atoms with Crippen LogP contribution in [0, 0.1) is 6.92 Å². The number of H-pyrrole nitrogens is 1. The van der Waals surface area contributed by atoms with Crippen LogP contribution in [0.15, 0.2) is 35.3 Å². The van der Waals surface area contributed by atoms with Crippen molar-refractivity contribution in [2.24, 2.45) is 7.05 Å². The molecule has 2 heterocycles. The highest BCUT2D eigenvalue weighted by Gasteiger charge is 2.15. The normalized spacial score (nSPS) is 11.1. The summed E-state index contributed by atoms with van der Waals surface area (Å²) >= 11 is 0. The van der Waals surface area contributed by atoms with Gasteiger partial charge in [-0.3, -0.25) is 9.36 Å². The Morgan fingerprint density at radius 1 is 1.30 bits per heavy atom. The van der Waals surface area contributed by atoms with Gasteiger partial charge in [0.1, 0.15) is 5.82 Å². The smallest absolute Gasteiger partial charge is 0.343 e. The molecule has 10 heteroatoms. The predicted molar refractivity (Wildman–Crippen MR) is 93.5 cm³/mol. The van der Waals surface area contributed by atoms with Crippen LogP contribution < -0.4 is 11.0 Å². The van der Waals surface area contributed by atoms with E-state index in [1.165, 1.54) is 10.8 Å². The highest BCUT2D eigenvalue weighted by Crippen LogP contribution is 2.26. The Morgan fingerprint density at radius 2 is 2.00 bits per heavy atom. The van der Waals surface area contributed by atoms with Gasteiger partial charge in [-0.25, -0.2) is 14.6 Å². The Labute approximate surface area is 152 Å². The van der Waals surface area contributed by atoms with E-state index < -0.39 is 6.55 Å². The molecule has 2 aromatic heterocycles. The largest absolute Gasteiger partial charge is 0.352 e. The highest BCUT2D eigenvalue weighted by molar-refractivity contribution is 5.94. The van der Waals surface area contributed by atoms with Gasteiger partial charge in [0, 0.05) is 36.8 Å². The van der Waals surface area contributed by atoms with Gasteiger partial charge in [-0.1, -0.05) is 12.1 Å². The van der Waals surface area contributed by atoms with Gasteiger partial charge in [0.15, 0.2) is 0 Å². The summed E-state index contributed by atoms with van der Waals surface area (Å²) in [5, 5.41) is 12.6. The van der Waals surface area contributed by atoms with Gasteiger partial charge in [-0.05, 0) is 24.6 Å². The minimum absolute atomic E-state index is 0.276. The molecular formula is C17H18F2N6O2. The molecule has 0 aliphatic rings. The standard InChI is InChI=1S/C17H18F2N6O2/c1-10-13(9-21-25(10)16(18)19)11-3-5-12(6-4-11)15(26)20-8-7-14-22-23-17(27)24(14)2/h3-6,9,16H,7-8H2,1-2H3,(H,20,26)(H,23,27). The van der Waals surface area contributed by atoms with E-state index in [2.05, 4.69) is 20.6 Å². The van der Waals surface area contributed by atoms with E-state index in [-0.39, 0.29) is 11.6 Å². The first kappa shape index (κ1) is 18.5. The molecule has 0 unspecified atom stereocenters. The highest BCUT2D eigenvalue weighted by atomic mass is 19.3. The van der Waals surface area contributed by atoms with Gasteiger partial charge in [0.25, 0.3) is 5.91 Å². The number of carbonyl (C=O) groups is 1. The Balaban J connectivity index is 1.63. The van der Waals surface area contributed by atoms with Crippen LogP contribution in [0.25, 0.3) is 11.1 Å². The van der Waals surface area contributed by atoms with Gasteiger partial charge in [0.05, 0.1) is 6.20 Å². The molecule has 1 aromatic carbocycles. The van der Waals surface area contributed by atoms with E-state index >= 15 is 0 Å². The van der Waals surface area contributed by atoms with Crippen molar-refractivity contribution in [1.82, 2.24) is 29.9 Å². The van der Waals surface area contributed by atoms with Gasteiger partial charge < -0.3 is 5.32 Å². The van der Waals surface area contributed by atoms with Crippen LogP contribution in [0.4, 0.5) is 8.78 Å². The predicted octanol–water partition coefficient (Wildman–Crippen LogP) is 1.65. The molecule has 3 aromatic rings. The van der Waals surface area contributed by atoms with Crippen molar-refractivity contribution in [3.05, 3.63) is 58.0 Å². The first-order valence-corrected chi connectivity index (χ1v) is 8.19. The SMILES string of the molecule is Cc1c(-c2ccc(C(=O)NCCc3n[nH]c(=O)n3C)cc2)cnn1C(F)F. The van der Waals surface area contributed by atoms with E-state index in [1.807, 2.05) is 0 Å². The van der Waals surface area contributed by atoms with Crippen LogP contribution in [-0.2, 0) is 13.5 Å². The summed E-state index contributed by atoms with van der Waals surface area (Å²) in [6.07, 6.45) is 1.79. The minimum atomic E-state index is -2.70. The monoisotopic (exact) mass is 376 g/mol. The second-order valence-electron chi connectivity index (χ2n) is 5.95. The number of hydrogen-bond donors (Lipinski definition) is 2. The minimum Gasteiger partial charge on any atom is -0.352 e. The van der Waals surface area contributed by atoms with Crippen LogP contribution in [0.2, 0.25) is 0 Å². The van der Waals surface area contributed by atoms with Crippen molar-refractivity contribution < 1.29 is 13.6 Å². The van der Waals surface area contributed by atoms with Crippen LogP contribution in [0.5, 0.6) is 0 Å². The molecule has 0 aliphatic carbocycles. The van der Waals surface area contributed by atoms with Crippen LogP contribution >= 0.6 is 0 Å². The summed E-state index contributed by atoms with van der Waals surface area (Å²) in [5.41, 5.74) is 1.77. The topological polar surface area (TPSA) is 97.6 Å². The summed E-state index contributed by atoms with van der Waals surface area (Å²) in [5.74, 6) is 0.268. The average molecular weight is 376 g/mol. The molecule has 8 nitrogen and oxygen atoms in total. The second kappa shape index (κ2) is 7.52. The Kier molecular flexibility index (Phi) is 5.15. The van der Waals surface area contributed by atoms with Crippen molar-refractivity contribution in [3.63, 3.8) is 0 Å². The molecule has 0 aliphatic heterocycles. The van der Waals surface area contributed by atoms with Crippen molar-refractivity contribution in [2.45, 2.75) is 19.9 Å². The number of nitrogens with one attached hydrogen (secondary N) is 2. The first-order chi connectivity index (χ1) is 12.9. The number of benzene rings is 1. The van der Waals surface area contributed by atoms with Crippen molar-refractivity contribution in [2.75, 3.05) is 6.54 Å². The molecule has 0 fully saturated rings. The van der Waals surface area contributed by atoms with E-state index in [4.69, 9.17) is 0 Å². The number of amides is 1. The van der Waals surface area contributed by atoms with Crippen LogP contribution in [-0.4, -0.2) is 37.0 Å². The van der Waals surface area contributed by atoms with E-state index in [0.717, 1.165) is 0 Å². The number of aromatic nitrogens is 5. The summed E-state index contributed by atoms with van der Waals surface area (Å²) in [6, 6.07) is 6.61. The van der Waals surface area contributed by atoms with Gasteiger partial charge in [-0.15, -0.1) is 0 Å². The van der Waals surface area contributed by atoms with Crippen LogP contribution in [0.1, 0.15) is 28.4 Å². The third kappa shape index (κ3) is 3.78. The number of aromatic amines is 1. The third-order valence-electron chi connectivity index (χ3n) is 4.29. The van der Waals surface area contributed by atoms with Crippen LogP contribution in [0.3, 0.4) is 0 Å². The molecule has 1 amide bonds. The lowest BCUT2D eigenvalue weighted by Gasteiger charge is -2.07. The summed E-state index contributed by atoms with van der Waals surface area (Å²) in [4.78, 5) is 23.5. The summed E-state index contributed by atoms with van der Waals surface area (Å²) < 4.78 is 27.7. The first-order valence-electron chi connectivity index (χ1n) is 8.19. The number of carbonyl (C=O) groups excluding carboxylic acids is 1. The number of nitrogens with zero attached hydrogens (tertiary/aromatic N) is 4. The molecule has 0 bridgehead atoms. The molecule has 142 valence electrons. The lowest BCUT2D eigenvalue weighted by atomic mass is 10.0. The fourth-order valence-electron chi connectivity index (χ4n) is 2.70. The summed E-state index contributed by atoms with van der Waals surface area (Å²) in [7, 11) is 1.60. The second-order valence-corrected chi connectivity index (χ2v) is 5.95. The van der Waals surface area contributed by atoms with Gasteiger partial charge in [-0.2, -0.15) is 19.0 Å². The molecule has 0 atom stereocenters. The maximum atomic E-state index is 12.8. The van der Waals surface area contributed by atoms with Crippen molar-refractivity contribution in [3.8, 4) is 11.1 Å². The Hall–Kier alpha value is -3.30. The van der Waals surface area contributed by atoms with E-state index in [1.54, 1.807) is 38.2 Å². The Bertz CT molecular complexity index is 1000. The van der Waals surface area contributed by atoms with E-state index in [9.17, 15) is 18.4 Å². The Morgan fingerprint density at radius 3 is 2.56 bits per heavy atom. The molecule has 3 rings (SSSR count). The average Bonchev–Trinajstić information content (AvgIpc) is 3.19. The third-order valence-corrected chi connectivity index (χ3v) is 4.29. The number of rotatable bonds is 6. The number of alkyl halides is 2. The lowest BCUT2D eigenvalue weighted by Crippen LogP contribution is -2.26. The molecule has 0 saturated heterocycles. The van der Waals surface area contributed by atoms with Crippen molar-refractivity contribution in [1.29, 1.82) is 0 Å². The lowest BCUT2D eigenvalue weighted by molar-refractivity contribution is 0.0545. The zero-order valence-electron chi connectivity index (χ0n) is 14.7. The number of hydrogen-bond acceptors (Lipinski definition) is 4. The molecular weight excluding hydrogens is 358 g/mol. The fourth-order valence-corrected chi connectivity index (χ4v) is 2.70. The molecule has 0 saturated carbocycles. The summed E-state index contributed by atoms with van der Waals surface area (Å²) in [6.45, 7) is -0.811. The fraction of sp³-hybridized carbons (Fsp3) is 0.294. The van der Waals surface area contributed by atoms with Gasteiger partial charge in [0.2, 0.25) is 0 Å². The number of halogens is 2. The van der Waals surface area contributed by atoms with Gasteiger partial charge >= 0.3 is 12.2 Å². The molecule has 0 spiro atoms. The quantitative estimate of drug-likeness (QED) is 0.684. The zero-order valence-corrected chi connectivity index (χ0v) is 14.7. The maximum absolute atomic E-state index is 12.8. The maximum Gasteiger partial charge on any atom is 0.343 e. The zero-order chi connectivity index (χ0) is 19.6. The molecule has 2 N–H and O–H groups in total. The molecule has 0 radical (unpaired) electrons. The molecule has 27 heavy (non-hydrogen) atoms. The van der Waals surface area contributed by atoms with Crippen molar-refractivity contribution >= 4 is 5.91 Å².